The second-order valence-electron chi connectivity index (χ2n) is 2.64. The van der Waals surface area contributed by atoms with Crippen molar-refractivity contribution in [3.63, 3.8) is 0 Å². The van der Waals surface area contributed by atoms with E-state index >= 15 is 0 Å². The van der Waals surface area contributed by atoms with E-state index in [2.05, 4.69) is 32.0 Å². The summed E-state index contributed by atoms with van der Waals surface area (Å²) in [6.45, 7) is 8.59. The quantitative estimate of drug-likeness (QED) is 0.555. The molecule has 0 fully saturated rings. The Bertz CT molecular complexity index is 99.6. The average Bonchev–Trinajstić information content (AvgIpc) is 1.64. The van der Waals surface area contributed by atoms with Gasteiger partial charge in [0.15, 0.2) is 0 Å². The molecule has 0 saturated heterocycles. The van der Waals surface area contributed by atoms with E-state index in [0.717, 1.165) is 7.73 Å². The molecule has 0 saturated carbocycles. The van der Waals surface area contributed by atoms with Gasteiger partial charge in [-0.25, -0.2) is 4.33 Å². The lowest BCUT2D eigenvalue weighted by Crippen LogP contribution is -2.22. The van der Waals surface area contributed by atoms with E-state index in [0.29, 0.717) is 12.1 Å². The molecule has 0 aromatic heterocycles. The molecule has 1 nitrogen and oxygen atoms in total. The van der Waals surface area contributed by atoms with Crippen molar-refractivity contribution in [1.82, 2.24) is 0 Å². The van der Waals surface area contributed by atoms with Crippen LogP contribution in [-0.2, 0) is 0 Å². The van der Waals surface area contributed by atoms with E-state index in [1.165, 1.54) is 0 Å². The molecule has 0 atom stereocenters. The summed E-state index contributed by atoms with van der Waals surface area (Å²) in [6, 6.07) is 1.09. The number of nitrogens with zero attached hydrogens (tertiary/aromatic N) is 1. The molecule has 0 aliphatic rings. The van der Waals surface area contributed by atoms with Gasteiger partial charge in [-0.05, 0) is 27.7 Å². The van der Waals surface area contributed by atoms with E-state index in [4.69, 9.17) is 11.2 Å². The van der Waals surface area contributed by atoms with Crippen LogP contribution < -0.4 is 0 Å². The lowest BCUT2D eigenvalue weighted by Gasteiger charge is -2.07. The van der Waals surface area contributed by atoms with Gasteiger partial charge in [0, 0.05) is 11.2 Å². The van der Waals surface area contributed by atoms with Gasteiger partial charge in [-0.1, -0.05) is 0 Å². The predicted molar refractivity (Wildman–Crippen MR) is 43.3 cm³/mol. The number of halogens is 1. The van der Waals surface area contributed by atoms with Crippen LogP contribution in [0.25, 0.3) is 0 Å². The highest BCUT2D eigenvalue weighted by molar-refractivity contribution is 7.57. The van der Waals surface area contributed by atoms with E-state index in [1.807, 2.05) is 0 Å². The van der Waals surface area contributed by atoms with Gasteiger partial charge in [-0.2, -0.15) is 0 Å². The molecule has 0 N–H and O–H groups in total. The molecular formula is C6H14ClNP+. The molecule has 9 heavy (non-hydrogen) atoms. The van der Waals surface area contributed by atoms with Crippen molar-refractivity contribution < 1.29 is 4.33 Å². The van der Waals surface area contributed by atoms with Gasteiger partial charge in [-0.3, -0.25) is 0 Å². The molecule has 3 heteroatoms. The molecule has 0 aromatic rings. The van der Waals surface area contributed by atoms with Crippen molar-refractivity contribution in [3.05, 3.63) is 0 Å². The molecule has 0 aliphatic carbocycles. The fourth-order valence-electron chi connectivity index (χ4n) is 0.771. The topological polar surface area (TPSA) is 3.01 Å². The summed E-state index contributed by atoms with van der Waals surface area (Å²) in [5.41, 5.74) is 0. The van der Waals surface area contributed by atoms with Gasteiger partial charge in [0.25, 0.3) is 0 Å². The van der Waals surface area contributed by atoms with Crippen LogP contribution in [0.2, 0.25) is 0 Å². The minimum Gasteiger partial charge on any atom is -0.203 e. The molecule has 0 radical (unpaired) electrons. The Hall–Kier alpha value is 0.390. The first kappa shape index (κ1) is 9.39. The SMILES string of the molecule is CC(C)[N+](=PCl)C(C)C. The fraction of sp³-hybridized carbons (Fsp3) is 1.00. The molecule has 0 unspecified atom stereocenters. The van der Waals surface area contributed by atoms with Gasteiger partial charge >= 0.3 is 7.73 Å². The van der Waals surface area contributed by atoms with Crippen LogP contribution in [0.4, 0.5) is 0 Å². The zero-order chi connectivity index (χ0) is 7.44. The summed E-state index contributed by atoms with van der Waals surface area (Å²) in [4.78, 5) is 0. The second kappa shape index (κ2) is 4.24. The highest BCUT2D eigenvalue weighted by Gasteiger charge is 2.12. The maximum atomic E-state index is 5.66. The second-order valence-corrected chi connectivity index (χ2v) is 3.71. The minimum absolute atomic E-state index is 0.546. The molecule has 0 amide bonds. The molecule has 0 rings (SSSR count). The summed E-state index contributed by atoms with van der Waals surface area (Å²) >= 11 is 5.66. The Morgan fingerprint density at radius 1 is 1.11 bits per heavy atom. The first-order valence-electron chi connectivity index (χ1n) is 3.19. The summed E-state index contributed by atoms with van der Waals surface area (Å²) in [7, 11) is 0.853. The van der Waals surface area contributed by atoms with E-state index in [-0.39, 0.29) is 0 Å². The highest BCUT2D eigenvalue weighted by Crippen LogP contribution is 2.12. The molecule has 0 bridgehead atoms. The third kappa shape index (κ3) is 3.17. The van der Waals surface area contributed by atoms with Crippen LogP contribution in [0.1, 0.15) is 27.7 Å². The maximum Gasteiger partial charge on any atom is 0.326 e. The number of rotatable bonds is 2. The van der Waals surface area contributed by atoms with Crippen molar-refractivity contribution in [2.45, 2.75) is 39.8 Å². The molecule has 0 aromatic carbocycles. The van der Waals surface area contributed by atoms with Crippen molar-refractivity contribution in [2.75, 3.05) is 0 Å². The Morgan fingerprint density at radius 2 is 1.44 bits per heavy atom. The van der Waals surface area contributed by atoms with E-state index in [9.17, 15) is 0 Å². The van der Waals surface area contributed by atoms with Crippen LogP contribution in [0.3, 0.4) is 0 Å². The zero-order valence-corrected chi connectivity index (χ0v) is 8.08. The third-order valence-electron chi connectivity index (χ3n) is 1.15. The zero-order valence-electron chi connectivity index (χ0n) is 6.43. The van der Waals surface area contributed by atoms with Gasteiger partial charge in [-0.15, -0.1) is 0 Å². The van der Waals surface area contributed by atoms with Crippen molar-refractivity contribution in [3.8, 4) is 0 Å². The largest absolute Gasteiger partial charge is 0.326 e. The van der Waals surface area contributed by atoms with Gasteiger partial charge in [0.05, 0.1) is 0 Å². The standard InChI is InChI=1S/C6H14ClNP/c1-5(2)8(9-7)6(3)4/h5-6H,1-4H3/q+1. The average molecular weight is 167 g/mol. The van der Waals surface area contributed by atoms with E-state index in [1.54, 1.807) is 0 Å². The molecule has 0 heterocycles. The lowest BCUT2D eigenvalue weighted by molar-refractivity contribution is -0.564. The monoisotopic (exact) mass is 166 g/mol. The summed E-state index contributed by atoms with van der Waals surface area (Å²) in [6.07, 6.45) is 0. The minimum atomic E-state index is 0.546. The van der Waals surface area contributed by atoms with Crippen molar-refractivity contribution in [1.29, 1.82) is 0 Å². The molecule has 0 spiro atoms. The maximum absolute atomic E-state index is 5.66. The van der Waals surface area contributed by atoms with Crippen molar-refractivity contribution in [2.24, 2.45) is 0 Å². The predicted octanol–water partition coefficient (Wildman–Crippen LogP) is 3.10. The van der Waals surface area contributed by atoms with Gasteiger partial charge in [0.1, 0.15) is 12.1 Å². The van der Waals surface area contributed by atoms with Crippen LogP contribution in [0.5, 0.6) is 0 Å². The Morgan fingerprint density at radius 3 is 1.44 bits per heavy atom. The lowest BCUT2D eigenvalue weighted by atomic mass is 10.3. The Labute approximate surface area is 63.7 Å². The molecule has 0 aliphatic heterocycles. The summed E-state index contributed by atoms with van der Waals surface area (Å²) in [5, 5.41) is 0. The number of hydrogen-bond acceptors (Lipinski definition) is 0. The van der Waals surface area contributed by atoms with Crippen LogP contribution in [0.15, 0.2) is 0 Å². The van der Waals surface area contributed by atoms with Gasteiger partial charge < -0.3 is 0 Å². The molecule has 54 valence electrons. The first-order valence-corrected chi connectivity index (χ1v) is 4.95. The van der Waals surface area contributed by atoms with Crippen LogP contribution in [0, 0.1) is 0 Å². The Kier molecular flexibility index (Phi) is 4.43. The van der Waals surface area contributed by atoms with E-state index < -0.39 is 0 Å². The third-order valence-corrected chi connectivity index (χ3v) is 2.77. The fourth-order valence-corrected chi connectivity index (χ4v) is 2.17. The summed E-state index contributed by atoms with van der Waals surface area (Å²) in [5.74, 6) is 0. The van der Waals surface area contributed by atoms with Crippen LogP contribution >= 0.6 is 19.0 Å². The normalized spacial score (nSPS) is 11.4. The summed E-state index contributed by atoms with van der Waals surface area (Å²) < 4.78 is 2.20. The smallest absolute Gasteiger partial charge is 0.203 e. The van der Waals surface area contributed by atoms with Crippen LogP contribution in [-0.4, -0.2) is 16.4 Å². The number of hydrogen-bond donors (Lipinski definition) is 0. The highest BCUT2D eigenvalue weighted by atomic mass is 35.7. The first-order chi connectivity index (χ1) is 4.09. The Balaban J connectivity index is 4.01. The molecular weight excluding hydrogens is 152 g/mol. The van der Waals surface area contributed by atoms with Gasteiger partial charge in [0.2, 0.25) is 0 Å². The van der Waals surface area contributed by atoms with Crippen molar-refractivity contribution >= 4 is 19.0 Å².